The van der Waals surface area contributed by atoms with Crippen molar-refractivity contribution in [2.45, 2.75) is 190 Å². The Balaban J connectivity index is 0.000000172. The Morgan fingerprint density at radius 2 is 0.844 bits per heavy atom. The maximum Gasteiger partial charge on any atom is 0.416 e. The number of carbonyl (C=O) groups excluding carboxylic acids is 3. The molecular weight excluding hydrogens is 1790 g/mol. The molecule has 0 spiro atoms. The summed E-state index contributed by atoms with van der Waals surface area (Å²) in [7, 11) is 3.99. The zero-order valence-corrected chi connectivity index (χ0v) is 81.8. The van der Waals surface area contributed by atoms with Crippen LogP contribution < -0.4 is 37.1 Å². The van der Waals surface area contributed by atoms with Crippen molar-refractivity contribution in [3.05, 3.63) is 251 Å². The van der Waals surface area contributed by atoms with Crippen molar-refractivity contribution in [3.63, 3.8) is 0 Å². The first-order valence-electron chi connectivity index (χ1n) is 45.2. The maximum absolute atomic E-state index is 15.2. The number of hydrogen-bond acceptors (Lipinski definition) is 21. The number of carbonyl (C=O) groups is 3. The van der Waals surface area contributed by atoms with Gasteiger partial charge >= 0.3 is 23.2 Å². The molecule has 3 fully saturated rings. The Hall–Kier alpha value is -12.7. The predicted molar refractivity (Wildman–Crippen MR) is 530 cm³/mol. The van der Waals surface area contributed by atoms with Crippen molar-refractivity contribution in [2.24, 2.45) is 0 Å². The van der Waals surface area contributed by atoms with Crippen LogP contribution in [0, 0.1) is 19.7 Å². The number of fused-ring (bicyclic) bond motifs is 3. The average molecular weight is 1900 g/mol. The minimum Gasteiger partial charge on any atom is -0.353 e. The fraction of sp³-hybridized carbons (Fsp3) is 0.386. The number of piperazine rings is 3. The van der Waals surface area contributed by atoms with E-state index < -0.39 is 34.6 Å². The summed E-state index contributed by atoms with van der Waals surface area (Å²) in [4.78, 5) is 141. The van der Waals surface area contributed by atoms with Crippen molar-refractivity contribution < 1.29 is 31.9 Å². The lowest BCUT2D eigenvalue weighted by Gasteiger charge is -2.44. The van der Waals surface area contributed by atoms with Gasteiger partial charge in [-0.25, -0.2) is 57.4 Å². The van der Waals surface area contributed by atoms with Crippen LogP contribution in [0.25, 0.3) is 83.9 Å². The summed E-state index contributed by atoms with van der Waals surface area (Å²) in [5, 5.41) is 5.72. The molecule has 0 saturated carbocycles. The van der Waals surface area contributed by atoms with E-state index in [1.165, 1.54) is 45.6 Å². The third-order valence-corrected chi connectivity index (χ3v) is 25.6. The number of likely N-dealkylation sites (N-methyl/N-ethyl adjacent to an activating group) is 1. The van der Waals surface area contributed by atoms with Gasteiger partial charge in [0.2, 0.25) is 23.7 Å². The van der Waals surface area contributed by atoms with Gasteiger partial charge in [-0.1, -0.05) is 165 Å². The molecule has 708 valence electrons. The molecule has 9 aromatic heterocycles. The number of benzene rings is 3. The number of hydrogen-bond donors (Lipinski definition) is 1. The monoisotopic (exact) mass is 1900 g/mol. The largest absolute Gasteiger partial charge is 0.416 e. The molecule has 0 aliphatic carbocycles. The molecule has 15 rings (SSSR count). The van der Waals surface area contributed by atoms with Gasteiger partial charge in [0.15, 0.2) is 16.9 Å². The van der Waals surface area contributed by atoms with E-state index in [2.05, 4.69) is 86.6 Å². The second kappa shape index (κ2) is 41.2. The summed E-state index contributed by atoms with van der Waals surface area (Å²) < 4.78 is 60.5. The molecule has 12 aromatic rings. The molecule has 34 heteroatoms. The lowest BCUT2D eigenvalue weighted by Crippen LogP contribution is -2.58. The van der Waals surface area contributed by atoms with Gasteiger partial charge in [-0.05, 0) is 189 Å². The topological polar surface area (TPSA) is 281 Å². The van der Waals surface area contributed by atoms with Gasteiger partial charge in [0, 0.05) is 118 Å². The van der Waals surface area contributed by atoms with Gasteiger partial charge in [0.1, 0.15) is 23.3 Å². The lowest BCUT2D eigenvalue weighted by molar-refractivity contribution is -0.137. The van der Waals surface area contributed by atoms with Crippen LogP contribution in [0.1, 0.15) is 173 Å². The molecule has 3 saturated heterocycles. The van der Waals surface area contributed by atoms with Gasteiger partial charge in [-0.2, -0.15) is 28.1 Å². The maximum atomic E-state index is 15.2. The van der Waals surface area contributed by atoms with Crippen LogP contribution in [0.4, 0.5) is 41.0 Å². The summed E-state index contributed by atoms with van der Waals surface area (Å²) in [5.41, 5.74) is 7.75. The average Bonchev–Trinajstić information content (AvgIpc) is 0.737. The molecule has 3 aliphatic heterocycles. The summed E-state index contributed by atoms with van der Waals surface area (Å²) in [6, 6.07) is 26.8. The fourth-order valence-corrected chi connectivity index (χ4v) is 18.6. The minimum atomic E-state index is -4.57. The first kappa shape index (κ1) is 99.8. The highest BCUT2D eigenvalue weighted by Gasteiger charge is 2.40. The van der Waals surface area contributed by atoms with Crippen LogP contribution in [0.2, 0.25) is 15.1 Å². The second-order valence-corrected chi connectivity index (χ2v) is 37.4. The molecule has 1 N–H and O–H groups in total. The van der Waals surface area contributed by atoms with Crippen LogP contribution in [-0.4, -0.2) is 204 Å². The number of nitrogens with one attached hydrogen (secondary N) is 1. The fourth-order valence-electron chi connectivity index (χ4n) is 17.8. The molecule has 12 heterocycles. The van der Waals surface area contributed by atoms with Gasteiger partial charge < -0.3 is 39.6 Å². The molecule has 3 aromatic carbocycles. The number of pyridine rings is 5. The molecule has 6 unspecified atom stereocenters. The minimum absolute atomic E-state index is 0.0606. The number of anilines is 4. The molecular formula is C101H114Cl3F4N21O6. The summed E-state index contributed by atoms with van der Waals surface area (Å²) in [5.74, 6) is 0.498. The standard InChI is InChI=1S/C36H45ClFN9O2.C33H37ClN6O2.C32H32ClF3N6O2/c1-10-28(48)45-18-23(7)46(19-22(45)6)33-25-17-26(37)31(24-13-11-12-14-27(24)38)40-34(25)47(36(49)43-33)32-29(20(2)3)41-35(39-15-16-44(8)9)42-30(32)21(4)5;1-8-23-12-10-11-13-24(23)29-26(34)16-25-31(39-18-21(6)38(17-22(39)7)27(41)9-2)37-33(42)40(32(25)36-29)30-20(5)14-15-35-28(30)19(3)4;1-7-25(43)40-15-20(6)41(16-19(40)5)29-23-14-24(33)27(21-9-8-10-22(13-21)32(34,35)36)38-30(23)42(31(44)39-29)28-18(4)11-12-37-26(28)17(2)3/h10-14,17,20-23H,1,15-16,18-19H2,2-9H3,(H,39,41,42);9-16,19,21-22H,2,8,17-18H2,1,3-7H3;7-14,17,19-20H,1,15-16H2,2-6H3. The molecule has 0 radical (unpaired) electrons. The highest BCUT2D eigenvalue weighted by Crippen LogP contribution is 2.44. The number of halogens is 7. The van der Waals surface area contributed by atoms with Gasteiger partial charge in [0.05, 0.1) is 93.7 Å². The number of amides is 3. The smallest absolute Gasteiger partial charge is 0.353 e. The van der Waals surface area contributed by atoms with Crippen molar-refractivity contribution in [1.29, 1.82) is 0 Å². The highest BCUT2D eigenvalue weighted by molar-refractivity contribution is 6.35. The zero-order valence-electron chi connectivity index (χ0n) is 79.5. The Kier molecular flexibility index (Phi) is 30.5. The van der Waals surface area contributed by atoms with E-state index in [0.717, 1.165) is 53.0 Å². The van der Waals surface area contributed by atoms with E-state index in [-0.39, 0.29) is 121 Å². The van der Waals surface area contributed by atoms with Crippen LogP contribution in [0.15, 0.2) is 168 Å². The van der Waals surface area contributed by atoms with Crippen LogP contribution in [-0.2, 0) is 27.0 Å². The summed E-state index contributed by atoms with van der Waals surface area (Å²) in [6.07, 6.45) is 3.59. The first-order chi connectivity index (χ1) is 64.0. The lowest BCUT2D eigenvalue weighted by atomic mass is 10.0. The molecule has 3 aliphatic rings. The van der Waals surface area contributed by atoms with Crippen molar-refractivity contribution in [1.82, 2.24) is 83.1 Å². The summed E-state index contributed by atoms with van der Waals surface area (Å²) >= 11 is 20.7. The van der Waals surface area contributed by atoms with E-state index in [1.54, 1.807) is 68.1 Å². The van der Waals surface area contributed by atoms with Crippen LogP contribution >= 0.6 is 34.8 Å². The molecule has 3 amide bonds. The number of alkyl halides is 3. The Bertz CT molecular complexity index is 6770. The molecule has 6 atom stereocenters. The molecule has 27 nitrogen and oxygen atoms in total. The highest BCUT2D eigenvalue weighted by atomic mass is 35.5. The van der Waals surface area contributed by atoms with Gasteiger partial charge in [-0.3, -0.25) is 24.4 Å². The second-order valence-electron chi connectivity index (χ2n) is 36.2. The van der Waals surface area contributed by atoms with Gasteiger partial charge in [0.25, 0.3) is 0 Å². The summed E-state index contributed by atoms with van der Waals surface area (Å²) in [6.45, 7) is 48.5. The van der Waals surface area contributed by atoms with E-state index in [4.69, 9.17) is 59.7 Å². The van der Waals surface area contributed by atoms with Crippen LogP contribution in [0.5, 0.6) is 0 Å². The molecule has 135 heavy (non-hydrogen) atoms. The third kappa shape index (κ3) is 20.3. The molecule has 0 bridgehead atoms. The predicted octanol–water partition coefficient (Wildman–Crippen LogP) is 18.5. The van der Waals surface area contributed by atoms with Crippen molar-refractivity contribution in [2.75, 3.05) is 86.5 Å². The Morgan fingerprint density at radius 1 is 0.474 bits per heavy atom. The third-order valence-electron chi connectivity index (χ3n) is 24.7. The zero-order chi connectivity index (χ0) is 98.1. The van der Waals surface area contributed by atoms with E-state index >= 15 is 4.39 Å². The van der Waals surface area contributed by atoms with Crippen molar-refractivity contribution >= 4 is 109 Å². The number of rotatable bonds is 21. The quantitative estimate of drug-likeness (QED) is 0.0517. The van der Waals surface area contributed by atoms with Gasteiger partial charge in [-0.15, -0.1) is 0 Å². The Labute approximate surface area is 797 Å². The normalized spacial score (nSPS) is 17.1. The SMILES string of the molecule is C=CC(=O)N1CC(C)N(c2nc(=O)n(-c3c(C(C)C)nc(NCCN(C)C)nc3C(C)C)c3nc(-c4ccccc4F)c(Cl)cc23)CC1C.C=CC(=O)N1CC(C)N(c2nc(=O)n(-c3c(C)ccnc3C(C)C)c3nc(-c4cccc(C(F)(F)F)c4)c(Cl)cc23)CC1C.C=CC(=O)N1CC(C)N(c2nc(=O)n(-c3c(C)ccnc3C(C)C)c3nc(-c4ccccc4CC)c(Cl)cc23)CC1C. The van der Waals surface area contributed by atoms with Crippen molar-refractivity contribution in [3.8, 4) is 50.8 Å². The first-order valence-corrected chi connectivity index (χ1v) is 46.4. The van der Waals surface area contributed by atoms with E-state index in [1.807, 2.05) is 151 Å². The number of nitrogens with zero attached hydrogens (tertiary/aromatic N) is 20. The number of aromatic nitrogens is 13. The van der Waals surface area contributed by atoms with E-state index in [0.29, 0.717) is 136 Å². The van der Waals surface area contributed by atoms with E-state index in [9.17, 15) is 41.9 Å². The van der Waals surface area contributed by atoms with Crippen LogP contribution in [0.3, 0.4) is 0 Å². The number of aryl methyl sites for hydroxylation is 3. The Morgan fingerprint density at radius 3 is 1.22 bits per heavy atom.